The van der Waals surface area contributed by atoms with Gasteiger partial charge in [0.05, 0.1) is 13.0 Å². The maximum absolute atomic E-state index is 14.0. The Bertz CT molecular complexity index is 1990. The van der Waals surface area contributed by atoms with Gasteiger partial charge in [0.15, 0.2) is 0 Å². The summed E-state index contributed by atoms with van der Waals surface area (Å²) >= 11 is 0. The Kier molecular flexibility index (Phi) is 29.6. The van der Waals surface area contributed by atoms with E-state index in [9.17, 15) is 77.6 Å². The lowest BCUT2D eigenvalue weighted by Gasteiger charge is -2.28. The molecule has 74 heavy (non-hydrogen) atoms. The summed E-state index contributed by atoms with van der Waals surface area (Å²) in [7, 11) is 0. The molecule has 0 unspecified atom stereocenters. The molecule has 1 rings (SSSR count). The molecule has 0 saturated carbocycles. The first-order chi connectivity index (χ1) is 34.8. The SMILES string of the molecule is CC(C)C[C@H](NC(=O)[C@H](CCCCN)NC(=O)[C@H](C)NC(=O)[C@H](CC(N)=O)NC(=O)[C@@H]1CCCN1C(=O)CN)C(=O)N[C@@H](CCC(=O)O)C(=O)N[C@@H](CCC(=O)O)C(=O)N[C@@H](CCCCN)C(=O)N[C@@H](C)C(=O)O. The number of primary amides is 1. The van der Waals surface area contributed by atoms with Crippen LogP contribution in [0.15, 0.2) is 0 Å². The number of carbonyl (C=O) groups excluding carboxylic acids is 10. The van der Waals surface area contributed by atoms with Crippen LogP contribution in [0.1, 0.15) is 118 Å². The summed E-state index contributed by atoms with van der Waals surface area (Å²) in [5, 5.41) is 47.5. The second kappa shape index (κ2) is 33.7. The van der Waals surface area contributed by atoms with Crippen LogP contribution in [0.5, 0.6) is 0 Å². The summed E-state index contributed by atoms with van der Waals surface area (Å²) in [4.78, 5) is 169. The van der Waals surface area contributed by atoms with Crippen molar-refractivity contribution < 1.29 is 77.6 Å². The standard InChI is InChI=1S/C45H77N13O16/c1-23(2)20-30(43(71)55-29(14-16-36(63)64)41(69)54-28(13-15-35(61)62)40(68)53-26(10-5-7-17-46)38(66)51-25(4)45(73)74)56-39(67)27(11-6-8-18-47)52-37(65)24(3)50-42(70)31(21-33(49)59)57-44(72)32-12-9-19-58(32)34(60)22-48/h23-32H,5-22,46-48H2,1-4H3,(H2,49,59)(H,50,70)(H,51,66)(H,52,65)(H,53,68)(H,54,69)(H,55,71)(H,56,67)(H,57,72)(H,61,62)(H,63,64)(H,73,74)/t24-,25-,26-,27-,28-,29-,30-,31-,32-/m0/s1. The van der Waals surface area contributed by atoms with E-state index < -0.39 is 163 Å². The van der Waals surface area contributed by atoms with Crippen molar-refractivity contribution in [2.75, 3.05) is 26.2 Å². The predicted molar refractivity (Wildman–Crippen MR) is 261 cm³/mol. The number of nitrogens with zero attached hydrogens (tertiary/aromatic N) is 1. The lowest BCUT2D eigenvalue weighted by Crippen LogP contribution is -2.60. The number of likely N-dealkylation sites (tertiary alicyclic amines) is 1. The number of nitrogens with one attached hydrogen (secondary N) is 8. The van der Waals surface area contributed by atoms with Gasteiger partial charge in [0.2, 0.25) is 59.1 Å². The number of amides is 10. The Morgan fingerprint density at radius 3 is 1.34 bits per heavy atom. The maximum atomic E-state index is 14.0. The summed E-state index contributed by atoms with van der Waals surface area (Å²) in [6.45, 7) is 6.13. The van der Waals surface area contributed by atoms with Gasteiger partial charge in [0.1, 0.15) is 54.4 Å². The van der Waals surface area contributed by atoms with Crippen molar-refractivity contribution in [1.82, 2.24) is 47.4 Å². The van der Waals surface area contributed by atoms with Gasteiger partial charge in [-0.05, 0) is 103 Å². The third-order valence-corrected chi connectivity index (χ3v) is 11.6. The Balaban J connectivity index is 3.40. The summed E-state index contributed by atoms with van der Waals surface area (Å²) in [6.07, 6.45) is -1.24. The van der Waals surface area contributed by atoms with E-state index >= 15 is 0 Å². The average Bonchev–Trinajstić information content (AvgIpc) is 3.82. The second-order valence-corrected chi connectivity index (χ2v) is 18.3. The molecule has 1 aliphatic heterocycles. The van der Waals surface area contributed by atoms with E-state index in [1.165, 1.54) is 18.7 Å². The van der Waals surface area contributed by atoms with Gasteiger partial charge in [-0.25, -0.2) is 0 Å². The number of carbonyl (C=O) groups is 13. The fourth-order valence-electron chi connectivity index (χ4n) is 7.57. The molecule has 0 aromatic carbocycles. The van der Waals surface area contributed by atoms with Crippen LogP contribution in [0.4, 0.5) is 0 Å². The van der Waals surface area contributed by atoms with Crippen LogP contribution in [-0.2, 0) is 62.3 Å². The topological polar surface area (TPSA) is 486 Å². The molecule has 1 aliphatic rings. The lowest BCUT2D eigenvalue weighted by atomic mass is 10.0. The second-order valence-electron chi connectivity index (χ2n) is 18.3. The van der Waals surface area contributed by atoms with Gasteiger partial charge < -0.3 is 85.7 Å². The van der Waals surface area contributed by atoms with E-state index in [-0.39, 0.29) is 64.2 Å². The van der Waals surface area contributed by atoms with Gasteiger partial charge in [-0.15, -0.1) is 0 Å². The highest BCUT2D eigenvalue weighted by atomic mass is 16.4. The highest BCUT2D eigenvalue weighted by molar-refractivity contribution is 5.99. The molecule has 0 bridgehead atoms. The molecule has 0 aromatic rings. The largest absolute Gasteiger partial charge is 0.481 e. The molecule has 0 aliphatic carbocycles. The third kappa shape index (κ3) is 24.1. The van der Waals surface area contributed by atoms with Crippen LogP contribution in [0.25, 0.3) is 0 Å². The summed E-state index contributed by atoms with van der Waals surface area (Å²) in [5.41, 5.74) is 22.1. The van der Waals surface area contributed by atoms with Crippen molar-refractivity contribution in [3.05, 3.63) is 0 Å². The Labute approximate surface area is 428 Å². The first-order valence-corrected chi connectivity index (χ1v) is 24.5. The van der Waals surface area contributed by atoms with E-state index in [0.717, 1.165) is 0 Å². The van der Waals surface area contributed by atoms with Crippen molar-refractivity contribution >= 4 is 77.0 Å². The smallest absolute Gasteiger partial charge is 0.325 e. The monoisotopic (exact) mass is 1060 g/mol. The minimum atomic E-state index is -1.72. The molecule has 1 heterocycles. The quantitative estimate of drug-likeness (QED) is 0.0261. The Hall–Kier alpha value is -7.01. The zero-order valence-corrected chi connectivity index (χ0v) is 42.4. The van der Waals surface area contributed by atoms with E-state index in [4.69, 9.17) is 22.9 Å². The molecule has 29 nitrogen and oxygen atoms in total. The van der Waals surface area contributed by atoms with Crippen molar-refractivity contribution in [2.45, 2.75) is 172 Å². The molecule has 9 atom stereocenters. The molecule has 19 N–H and O–H groups in total. The average molecular weight is 1060 g/mol. The van der Waals surface area contributed by atoms with Crippen molar-refractivity contribution in [3.8, 4) is 0 Å². The van der Waals surface area contributed by atoms with Gasteiger partial charge >= 0.3 is 17.9 Å². The minimum Gasteiger partial charge on any atom is -0.481 e. The van der Waals surface area contributed by atoms with Crippen molar-refractivity contribution in [3.63, 3.8) is 0 Å². The highest BCUT2D eigenvalue weighted by Gasteiger charge is 2.38. The third-order valence-electron chi connectivity index (χ3n) is 11.6. The van der Waals surface area contributed by atoms with Crippen LogP contribution >= 0.6 is 0 Å². The van der Waals surface area contributed by atoms with E-state index in [0.29, 0.717) is 25.7 Å². The summed E-state index contributed by atoms with van der Waals surface area (Å²) < 4.78 is 0. The number of hydrogen-bond acceptors (Lipinski definition) is 16. The van der Waals surface area contributed by atoms with Crippen LogP contribution in [-0.4, -0.2) is 178 Å². The zero-order valence-electron chi connectivity index (χ0n) is 42.4. The van der Waals surface area contributed by atoms with Crippen LogP contribution in [0, 0.1) is 5.92 Å². The number of unbranched alkanes of at least 4 members (excludes halogenated alkanes) is 2. The summed E-state index contributed by atoms with van der Waals surface area (Å²) in [6, 6.07) is -12.9. The van der Waals surface area contributed by atoms with Crippen LogP contribution in [0.2, 0.25) is 0 Å². The molecule has 0 radical (unpaired) electrons. The number of carboxylic acids is 3. The lowest BCUT2D eigenvalue weighted by molar-refractivity contribution is -0.142. The number of rotatable bonds is 36. The number of carboxylic acid groups (broad SMARTS) is 3. The molecule has 10 amide bonds. The molecule has 29 heteroatoms. The molecule has 418 valence electrons. The first kappa shape index (κ1) is 65.0. The Morgan fingerprint density at radius 2 is 0.919 bits per heavy atom. The molecule has 0 aromatic heterocycles. The minimum absolute atomic E-state index is 0.0324. The predicted octanol–water partition coefficient (Wildman–Crippen LogP) is -5.15. The molecular weight excluding hydrogens is 979 g/mol. The first-order valence-electron chi connectivity index (χ1n) is 24.5. The van der Waals surface area contributed by atoms with Crippen LogP contribution < -0.4 is 65.5 Å². The van der Waals surface area contributed by atoms with Gasteiger partial charge in [0.25, 0.3) is 0 Å². The fourth-order valence-corrected chi connectivity index (χ4v) is 7.57. The summed E-state index contributed by atoms with van der Waals surface area (Å²) in [5.74, 6) is -13.6. The van der Waals surface area contributed by atoms with Gasteiger partial charge in [0, 0.05) is 19.4 Å². The fraction of sp³-hybridized carbons (Fsp3) is 0.711. The van der Waals surface area contributed by atoms with E-state index in [2.05, 4.69) is 42.5 Å². The van der Waals surface area contributed by atoms with E-state index in [1.807, 2.05) is 0 Å². The van der Waals surface area contributed by atoms with Gasteiger partial charge in [-0.1, -0.05) is 13.8 Å². The normalized spacial score (nSPS) is 16.3. The molecule has 1 fully saturated rings. The molecule has 1 saturated heterocycles. The Morgan fingerprint density at radius 1 is 0.514 bits per heavy atom. The number of hydrogen-bond donors (Lipinski definition) is 15. The number of aliphatic carboxylic acids is 3. The van der Waals surface area contributed by atoms with Crippen molar-refractivity contribution in [1.29, 1.82) is 0 Å². The molecular formula is C45H77N13O16. The highest BCUT2D eigenvalue weighted by Crippen LogP contribution is 2.18. The molecule has 0 spiro atoms. The van der Waals surface area contributed by atoms with Gasteiger partial charge in [-0.3, -0.25) is 62.3 Å². The van der Waals surface area contributed by atoms with Crippen molar-refractivity contribution in [2.24, 2.45) is 28.9 Å². The zero-order chi connectivity index (χ0) is 56.2. The van der Waals surface area contributed by atoms with E-state index in [1.54, 1.807) is 13.8 Å². The van der Waals surface area contributed by atoms with Gasteiger partial charge in [-0.2, -0.15) is 0 Å². The number of nitrogens with two attached hydrogens (primary N) is 4. The van der Waals surface area contributed by atoms with Crippen LogP contribution in [0.3, 0.4) is 0 Å². The maximum Gasteiger partial charge on any atom is 0.325 e.